The molecule has 0 bridgehead atoms. The zero-order valence-electron chi connectivity index (χ0n) is 10.3. The fourth-order valence-corrected chi connectivity index (χ4v) is 1.12. The molecule has 96 valence electrons. The van der Waals surface area contributed by atoms with Gasteiger partial charge in [0, 0.05) is 28.4 Å². The van der Waals surface area contributed by atoms with E-state index in [2.05, 4.69) is 0 Å². The number of amides is 2. The maximum absolute atomic E-state index is 11.9. The Labute approximate surface area is 95.8 Å². The summed E-state index contributed by atoms with van der Waals surface area (Å²) in [6.07, 6.45) is 0. The molecule has 7 heteroatoms. The van der Waals surface area contributed by atoms with E-state index < -0.39 is 0 Å². The lowest BCUT2D eigenvalue weighted by Gasteiger charge is -2.28. The van der Waals surface area contributed by atoms with Crippen molar-refractivity contribution in [3.05, 3.63) is 0 Å². The third kappa shape index (κ3) is 5.26. The third-order valence-corrected chi connectivity index (χ3v) is 1.68. The van der Waals surface area contributed by atoms with Crippen molar-refractivity contribution in [2.75, 3.05) is 55.4 Å². The predicted octanol–water partition coefficient (Wildman–Crippen LogP) is 0.126. The maximum atomic E-state index is 11.9. The summed E-state index contributed by atoms with van der Waals surface area (Å²) in [5.74, 6) is 0. The van der Waals surface area contributed by atoms with Crippen LogP contribution in [0.1, 0.15) is 0 Å². The summed E-state index contributed by atoms with van der Waals surface area (Å²) in [4.78, 5) is 14.7. The fraction of sp³-hybridized carbons (Fsp3) is 0.889. The largest absolute Gasteiger partial charge is 0.364 e. The summed E-state index contributed by atoms with van der Waals surface area (Å²) < 4.78 is 19.6. The smallest absolute Gasteiger partial charge is 0.327 e. The van der Waals surface area contributed by atoms with Crippen molar-refractivity contribution < 1.29 is 23.7 Å². The number of ether oxygens (including phenoxy) is 4. The Kier molecular flexibility index (Phi) is 8.82. The third-order valence-electron chi connectivity index (χ3n) is 1.68. The molecular weight excluding hydrogens is 216 g/mol. The van der Waals surface area contributed by atoms with Crippen LogP contribution in [0.25, 0.3) is 0 Å². The molecule has 0 saturated heterocycles. The summed E-state index contributed by atoms with van der Waals surface area (Å²) in [5.41, 5.74) is 0. The quantitative estimate of drug-likeness (QED) is 0.560. The van der Waals surface area contributed by atoms with Crippen LogP contribution in [0.2, 0.25) is 0 Å². The molecule has 2 amide bonds. The van der Waals surface area contributed by atoms with Gasteiger partial charge in [0.25, 0.3) is 0 Å². The van der Waals surface area contributed by atoms with Gasteiger partial charge in [0.15, 0.2) is 0 Å². The average molecular weight is 236 g/mol. The standard InChI is InChI=1S/C9H20N2O5/c1-13-5-10(6-14-2)9(12)11(7-15-3)8-16-4/h5-8H2,1-4H3. The SMILES string of the molecule is COCN(COC)C(=O)N(COC)COC. The lowest BCUT2D eigenvalue weighted by atomic mass is 10.7. The van der Waals surface area contributed by atoms with Crippen molar-refractivity contribution in [1.82, 2.24) is 9.80 Å². The van der Waals surface area contributed by atoms with Gasteiger partial charge in [0.05, 0.1) is 0 Å². The lowest BCUT2D eigenvalue weighted by Crippen LogP contribution is -2.46. The van der Waals surface area contributed by atoms with Gasteiger partial charge in [-0.25, -0.2) is 4.79 Å². The van der Waals surface area contributed by atoms with Gasteiger partial charge in [-0.05, 0) is 0 Å². The molecule has 0 fully saturated rings. The van der Waals surface area contributed by atoms with E-state index in [-0.39, 0.29) is 33.0 Å². The van der Waals surface area contributed by atoms with Crippen molar-refractivity contribution in [1.29, 1.82) is 0 Å². The van der Waals surface area contributed by atoms with Gasteiger partial charge in [0.2, 0.25) is 0 Å². The van der Waals surface area contributed by atoms with Crippen molar-refractivity contribution in [3.63, 3.8) is 0 Å². The summed E-state index contributed by atoms with van der Waals surface area (Å²) >= 11 is 0. The number of carbonyl (C=O) groups excluding carboxylic acids is 1. The molecule has 0 saturated carbocycles. The minimum atomic E-state index is -0.271. The first-order valence-corrected chi connectivity index (χ1v) is 4.70. The molecule has 0 N–H and O–H groups in total. The second-order valence-corrected chi connectivity index (χ2v) is 3.03. The monoisotopic (exact) mass is 236 g/mol. The van der Waals surface area contributed by atoms with E-state index in [9.17, 15) is 4.79 Å². The van der Waals surface area contributed by atoms with E-state index in [1.807, 2.05) is 0 Å². The highest BCUT2D eigenvalue weighted by Crippen LogP contribution is 2.00. The van der Waals surface area contributed by atoms with Gasteiger partial charge in [-0.1, -0.05) is 0 Å². The van der Waals surface area contributed by atoms with Gasteiger partial charge >= 0.3 is 6.03 Å². The van der Waals surface area contributed by atoms with Crippen molar-refractivity contribution in [2.45, 2.75) is 0 Å². The van der Waals surface area contributed by atoms with Crippen LogP contribution in [0, 0.1) is 0 Å². The zero-order valence-corrected chi connectivity index (χ0v) is 10.3. The summed E-state index contributed by atoms with van der Waals surface area (Å²) in [6.45, 7) is 0.598. The number of urea groups is 1. The molecule has 0 aliphatic carbocycles. The Morgan fingerprint density at radius 3 is 1.19 bits per heavy atom. The average Bonchev–Trinajstić information content (AvgIpc) is 2.27. The molecule has 7 nitrogen and oxygen atoms in total. The van der Waals surface area contributed by atoms with Crippen LogP contribution in [-0.4, -0.2) is 71.2 Å². The first-order valence-electron chi connectivity index (χ1n) is 4.70. The second-order valence-electron chi connectivity index (χ2n) is 3.03. The topological polar surface area (TPSA) is 60.5 Å². The maximum Gasteiger partial charge on any atom is 0.327 e. The molecular formula is C9H20N2O5. The molecule has 0 aliphatic heterocycles. The normalized spacial score (nSPS) is 10.2. The van der Waals surface area contributed by atoms with Gasteiger partial charge in [-0.2, -0.15) is 0 Å². The summed E-state index contributed by atoms with van der Waals surface area (Å²) in [5, 5.41) is 0. The first kappa shape index (κ1) is 15.1. The Morgan fingerprint density at radius 2 is 1.00 bits per heavy atom. The molecule has 0 atom stereocenters. The minimum Gasteiger partial charge on any atom is -0.364 e. The molecule has 16 heavy (non-hydrogen) atoms. The highest BCUT2D eigenvalue weighted by molar-refractivity contribution is 5.73. The van der Waals surface area contributed by atoms with Crippen LogP contribution >= 0.6 is 0 Å². The van der Waals surface area contributed by atoms with Crippen molar-refractivity contribution in [3.8, 4) is 0 Å². The molecule has 0 aromatic carbocycles. The first-order chi connectivity index (χ1) is 7.71. The highest BCUT2D eigenvalue weighted by atomic mass is 16.5. The van der Waals surface area contributed by atoms with Crippen LogP contribution in [0.4, 0.5) is 4.79 Å². The summed E-state index contributed by atoms with van der Waals surface area (Å²) in [7, 11) is 6.03. The van der Waals surface area contributed by atoms with Gasteiger partial charge in [-0.3, -0.25) is 9.80 Å². The Balaban J connectivity index is 4.38. The van der Waals surface area contributed by atoms with Crippen LogP contribution < -0.4 is 0 Å². The number of methoxy groups -OCH3 is 4. The van der Waals surface area contributed by atoms with Crippen LogP contribution in [0.3, 0.4) is 0 Å². The van der Waals surface area contributed by atoms with E-state index in [0.29, 0.717) is 0 Å². The second kappa shape index (κ2) is 9.34. The zero-order chi connectivity index (χ0) is 12.4. The molecule has 0 aromatic rings. The van der Waals surface area contributed by atoms with E-state index in [1.165, 1.54) is 38.2 Å². The molecule has 0 radical (unpaired) electrons. The minimum absolute atomic E-state index is 0.149. The van der Waals surface area contributed by atoms with E-state index >= 15 is 0 Å². The molecule has 0 heterocycles. The van der Waals surface area contributed by atoms with E-state index in [4.69, 9.17) is 18.9 Å². The lowest BCUT2D eigenvalue weighted by molar-refractivity contribution is -0.0338. The van der Waals surface area contributed by atoms with Gasteiger partial charge in [-0.15, -0.1) is 0 Å². The molecule has 0 unspecified atom stereocenters. The number of nitrogens with zero attached hydrogens (tertiary/aromatic N) is 2. The molecule has 0 rings (SSSR count). The Morgan fingerprint density at radius 1 is 0.750 bits per heavy atom. The highest BCUT2D eigenvalue weighted by Gasteiger charge is 2.20. The van der Waals surface area contributed by atoms with Crippen LogP contribution in [0.15, 0.2) is 0 Å². The predicted molar refractivity (Wildman–Crippen MR) is 56.6 cm³/mol. The van der Waals surface area contributed by atoms with Crippen LogP contribution in [-0.2, 0) is 18.9 Å². The van der Waals surface area contributed by atoms with Crippen molar-refractivity contribution >= 4 is 6.03 Å². The molecule has 0 spiro atoms. The molecule has 0 aromatic heterocycles. The summed E-state index contributed by atoms with van der Waals surface area (Å²) in [6, 6.07) is -0.271. The number of rotatable bonds is 8. The Hall–Kier alpha value is -0.890. The van der Waals surface area contributed by atoms with E-state index in [1.54, 1.807) is 0 Å². The number of carbonyl (C=O) groups is 1. The van der Waals surface area contributed by atoms with E-state index in [0.717, 1.165) is 0 Å². The van der Waals surface area contributed by atoms with Crippen molar-refractivity contribution in [2.24, 2.45) is 0 Å². The number of hydrogen-bond donors (Lipinski definition) is 0. The van der Waals surface area contributed by atoms with Gasteiger partial charge < -0.3 is 18.9 Å². The number of hydrogen-bond acceptors (Lipinski definition) is 5. The molecule has 0 aliphatic rings. The van der Waals surface area contributed by atoms with Crippen LogP contribution in [0.5, 0.6) is 0 Å². The Bertz CT molecular complexity index is 161. The fourth-order valence-electron chi connectivity index (χ4n) is 1.12. The van der Waals surface area contributed by atoms with Gasteiger partial charge in [0.1, 0.15) is 26.9 Å².